The number of aryl methyl sites for hydroxylation is 1. The fraction of sp³-hybridized carbons (Fsp3) is 0.348. The number of rotatable bonds is 2. The maximum Gasteiger partial charge on any atom is 0.416 e. The van der Waals surface area contributed by atoms with Gasteiger partial charge in [0.2, 0.25) is 0 Å². The van der Waals surface area contributed by atoms with Crippen molar-refractivity contribution in [1.82, 2.24) is 0 Å². The number of ketones is 1. The Labute approximate surface area is 167 Å². The van der Waals surface area contributed by atoms with E-state index in [4.69, 9.17) is 4.74 Å². The SMILES string of the molecule is Cc1ccc(-c2cccc(C(F)(F)F)c2)cc1C1=C(O)C(C)(C)OC(C)(C)C1=O. The third-order valence-corrected chi connectivity index (χ3v) is 5.12. The normalized spacial score (nSPS) is 18.8. The van der Waals surface area contributed by atoms with Gasteiger partial charge >= 0.3 is 6.18 Å². The van der Waals surface area contributed by atoms with Crippen molar-refractivity contribution in [2.24, 2.45) is 0 Å². The van der Waals surface area contributed by atoms with Crippen LogP contribution in [0.4, 0.5) is 13.2 Å². The Balaban J connectivity index is 2.20. The molecule has 0 bridgehead atoms. The molecule has 1 aliphatic heterocycles. The molecule has 0 aromatic heterocycles. The highest BCUT2D eigenvalue weighted by Crippen LogP contribution is 2.41. The molecule has 6 heteroatoms. The number of halogens is 3. The number of carbonyl (C=O) groups is 1. The van der Waals surface area contributed by atoms with Crippen LogP contribution < -0.4 is 0 Å². The number of alkyl halides is 3. The minimum atomic E-state index is -4.45. The number of benzene rings is 2. The largest absolute Gasteiger partial charge is 0.508 e. The standard InChI is InChI=1S/C23H23F3O3/c1-13-9-10-15(14-7-6-8-16(11-14)23(24,25)26)12-17(13)18-19(27)21(2,3)29-22(4,5)20(18)28/h6-12,27H,1-5H3. The summed E-state index contributed by atoms with van der Waals surface area (Å²) in [6.45, 7) is 8.39. The van der Waals surface area contributed by atoms with Crippen LogP contribution in [0.25, 0.3) is 16.7 Å². The number of ether oxygens (including phenoxy) is 1. The van der Waals surface area contributed by atoms with Crippen LogP contribution in [-0.2, 0) is 15.7 Å². The van der Waals surface area contributed by atoms with Gasteiger partial charge < -0.3 is 9.84 Å². The fourth-order valence-electron chi connectivity index (χ4n) is 3.64. The second kappa shape index (κ2) is 6.73. The zero-order chi connectivity index (χ0) is 21.8. The summed E-state index contributed by atoms with van der Waals surface area (Å²) in [7, 11) is 0. The van der Waals surface area contributed by atoms with E-state index in [2.05, 4.69) is 0 Å². The molecule has 0 fully saturated rings. The average molecular weight is 404 g/mol. The van der Waals surface area contributed by atoms with Crippen LogP contribution in [0, 0.1) is 6.92 Å². The van der Waals surface area contributed by atoms with Gasteiger partial charge in [-0.15, -0.1) is 0 Å². The van der Waals surface area contributed by atoms with Crippen molar-refractivity contribution < 1.29 is 27.8 Å². The van der Waals surface area contributed by atoms with E-state index in [1.54, 1.807) is 58.9 Å². The Morgan fingerprint density at radius 1 is 0.931 bits per heavy atom. The molecule has 3 rings (SSSR count). The Kier molecular flexibility index (Phi) is 4.90. The van der Waals surface area contributed by atoms with E-state index in [0.29, 0.717) is 16.7 Å². The topological polar surface area (TPSA) is 46.5 Å². The molecule has 0 saturated carbocycles. The van der Waals surface area contributed by atoms with Crippen LogP contribution in [0.15, 0.2) is 48.2 Å². The van der Waals surface area contributed by atoms with Gasteiger partial charge in [0, 0.05) is 0 Å². The minimum Gasteiger partial charge on any atom is -0.508 e. The lowest BCUT2D eigenvalue weighted by molar-refractivity contribution is -0.158. The first-order chi connectivity index (χ1) is 13.2. The fourth-order valence-corrected chi connectivity index (χ4v) is 3.64. The molecule has 29 heavy (non-hydrogen) atoms. The minimum absolute atomic E-state index is 0.137. The summed E-state index contributed by atoms with van der Waals surface area (Å²) in [5, 5.41) is 10.8. The molecule has 2 aromatic carbocycles. The Hall–Kier alpha value is -2.60. The van der Waals surface area contributed by atoms with Crippen LogP contribution in [0.1, 0.15) is 44.4 Å². The molecular weight excluding hydrogens is 381 g/mol. The van der Waals surface area contributed by atoms with Crippen LogP contribution in [0.2, 0.25) is 0 Å². The molecule has 0 spiro atoms. The zero-order valence-corrected chi connectivity index (χ0v) is 16.9. The van der Waals surface area contributed by atoms with Crippen molar-refractivity contribution in [2.45, 2.75) is 52.0 Å². The highest BCUT2D eigenvalue weighted by atomic mass is 19.4. The van der Waals surface area contributed by atoms with Gasteiger partial charge in [-0.2, -0.15) is 13.2 Å². The maximum absolute atomic E-state index is 13.1. The summed E-state index contributed by atoms with van der Waals surface area (Å²) in [5.41, 5.74) is -0.738. The molecule has 2 aromatic rings. The lowest BCUT2D eigenvalue weighted by Crippen LogP contribution is -2.49. The van der Waals surface area contributed by atoms with Gasteiger partial charge in [0.15, 0.2) is 5.78 Å². The lowest BCUT2D eigenvalue weighted by Gasteiger charge is -2.40. The summed E-state index contributed by atoms with van der Waals surface area (Å²) >= 11 is 0. The number of Topliss-reactive ketones (excluding diaryl/α,β-unsaturated/α-hetero) is 1. The summed E-state index contributed by atoms with van der Waals surface area (Å²) < 4.78 is 45.0. The van der Waals surface area contributed by atoms with Gasteiger partial charge in [-0.25, -0.2) is 0 Å². The van der Waals surface area contributed by atoms with Crippen molar-refractivity contribution in [1.29, 1.82) is 0 Å². The lowest BCUT2D eigenvalue weighted by atomic mass is 9.81. The van der Waals surface area contributed by atoms with Crippen molar-refractivity contribution >= 4 is 11.4 Å². The van der Waals surface area contributed by atoms with Crippen molar-refractivity contribution in [3.05, 3.63) is 64.9 Å². The first-order valence-electron chi connectivity index (χ1n) is 9.21. The molecule has 0 atom stereocenters. The van der Waals surface area contributed by atoms with Crippen molar-refractivity contribution in [3.63, 3.8) is 0 Å². The predicted molar refractivity (Wildman–Crippen MR) is 105 cm³/mol. The molecule has 154 valence electrons. The second-order valence-electron chi connectivity index (χ2n) is 8.28. The van der Waals surface area contributed by atoms with E-state index in [0.717, 1.165) is 17.7 Å². The number of aliphatic hydroxyl groups excluding tert-OH is 1. The van der Waals surface area contributed by atoms with Gasteiger partial charge in [0.25, 0.3) is 0 Å². The van der Waals surface area contributed by atoms with Gasteiger partial charge in [0.1, 0.15) is 17.0 Å². The van der Waals surface area contributed by atoms with E-state index in [9.17, 15) is 23.1 Å². The third kappa shape index (κ3) is 3.81. The summed E-state index contributed by atoms with van der Waals surface area (Å²) in [4.78, 5) is 13.0. The Bertz CT molecular complexity index is 1010. The number of aliphatic hydroxyl groups is 1. The van der Waals surface area contributed by atoms with Crippen LogP contribution >= 0.6 is 0 Å². The van der Waals surface area contributed by atoms with E-state index < -0.39 is 22.9 Å². The monoisotopic (exact) mass is 404 g/mol. The average Bonchev–Trinajstić information content (AvgIpc) is 2.60. The van der Waals surface area contributed by atoms with Crippen LogP contribution in [0.3, 0.4) is 0 Å². The molecule has 0 unspecified atom stereocenters. The molecule has 3 nitrogen and oxygen atoms in total. The van der Waals surface area contributed by atoms with Crippen LogP contribution in [-0.4, -0.2) is 22.1 Å². The molecule has 1 N–H and O–H groups in total. The zero-order valence-electron chi connectivity index (χ0n) is 16.9. The number of hydrogen-bond donors (Lipinski definition) is 1. The molecule has 0 aliphatic carbocycles. The molecular formula is C23H23F3O3. The van der Waals surface area contributed by atoms with E-state index in [-0.39, 0.29) is 17.1 Å². The molecule has 1 heterocycles. The third-order valence-electron chi connectivity index (χ3n) is 5.12. The first kappa shape index (κ1) is 21.1. The van der Waals surface area contributed by atoms with Crippen molar-refractivity contribution in [2.75, 3.05) is 0 Å². The van der Waals surface area contributed by atoms with Gasteiger partial charge in [-0.3, -0.25) is 4.79 Å². The Morgan fingerprint density at radius 3 is 2.17 bits per heavy atom. The van der Waals surface area contributed by atoms with Crippen molar-refractivity contribution in [3.8, 4) is 11.1 Å². The number of carbonyl (C=O) groups excluding carboxylic acids is 1. The predicted octanol–water partition coefficient (Wildman–Crippen LogP) is 6.11. The molecule has 0 amide bonds. The summed E-state index contributed by atoms with van der Waals surface area (Å²) in [6.07, 6.45) is -4.45. The second-order valence-corrected chi connectivity index (χ2v) is 8.28. The number of hydrogen-bond acceptors (Lipinski definition) is 3. The molecule has 0 radical (unpaired) electrons. The van der Waals surface area contributed by atoms with Crippen LogP contribution in [0.5, 0.6) is 0 Å². The van der Waals surface area contributed by atoms with E-state index >= 15 is 0 Å². The quantitative estimate of drug-likeness (QED) is 0.657. The highest BCUT2D eigenvalue weighted by Gasteiger charge is 2.47. The summed E-state index contributed by atoms with van der Waals surface area (Å²) in [5.74, 6) is -0.565. The molecule has 1 aliphatic rings. The van der Waals surface area contributed by atoms with E-state index in [1.807, 2.05) is 0 Å². The highest BCUT2D eigenvalue weighted by molar-refractivity contribution is 6.26. The first-order valence-corrected chi connectivity index (χ1v) is 9.21. The van der Waals surface area contributed by atoms with Gasteiger partial charge in [-0.05, 0) is 75.1 Å². The van der Waals surface area contributed by atoms with Gasteiger partial charge in [0.05, 0.1) is 11.1 Å². The smallest absolute Gasteiger partial charge is 0.416 e. The molecule has 0 saturated heterocycles. The summed E-state index contributed by atoms with van der Waals surface area (Å²) in [6, 6.07) is 10.1. The van der Waals surface area contributed by atoms with Gasteiger partial charge in [-0.1, -0.05) is 24.3 Å². The maximum atomic E-state index is 13.1. The van der Waals surface area contributed by atoms with E-state index in [1.165, 1.54) is 6.07 Å². The Morgan fingerprint density at radius 2 is 1.55 bits per heavy atom.